The molecule has 0 unspecified atom stereocenters. The van der Waals surface area contributed by atoms with Gasteiger partial charge in [-0.05, 0) is 82.4 Å². The van der Waals surface area contributed by atoms with Crippen molar-refractivity contribution in [3.05, 3.63) is 94.0 Å². The van der Waals surface area contributed by atoms with Crippen LogP contribution in [0.1, 0.15) is 11.1 Å². The van der Waals surface area contributed by atoms with Crippen LogP contribution in [0.15, 0.2) is 72.8 Å². The Balaban J connectivity index is 1.78. The van der Waals surface area contributed by atoms with E-state index in [0.29, 0.717) is 32.5 Å². The highest BCUT2D eigenvalue weighted by molar-refractivity contribution is 6.50. The van der Waals surface area contributed by atoms with Gasteiger partial charge in [0.1, 0.15) is 11.5 Å². The summed E-state index contributed by atoms with van der Waals surface area (Å²) in [4.78, 5) is 0. The number of hydrogen-bond acceptors (Lipinski definition) is 3. The molecule has 7 heteroatoms. The molecule has 4 aromatic rings. The summed E-state index contributed by atoms with van der Waals surface area (Å²) >= 11 is 12.7. The summed E-state index contributed by atoms with van der Waals surface area (Å²) in [7, 11) is -0.419. The number of rotatable bonds is 6. The van der Waals surface area contributed by atoms with Crippen LogP contribution >= 0.6 is 23.2 Å². The number of aryl methyl sites for hydroxylation is 2. The van der Waals surface area contributed by atoms with Crippen LogP contribution in [-0.2, 0) is 0 Å². The fourth-order valence-electron chi connectivity index (χ4n) is 3.83. The topological polar surface area (TPSA) is 49.7 Å². The highest BCUT2D eigenvalue weighted by Gasteiger charge is 2.17. The van der Waals surface area contributed by atoms with Gasteiger partial charge in [-0.1, -0.05) is 71.7 Å². The SMILES string of the molecule is Cc1ccc(-c2cccc(Oc3cccc(-c4ccc(C)c(Cl)c4)c3BO)c2BO)cc1Cl. The van der Waals surface area contributed by atoms with Crippen LogP contribution in [0.2, 0.25) is 10.0 Å². The van der Waals surface area contributed by atoms with Gasteiger partial charge in [-0.25, -0.2) is 0 Å². The third-order valence-corrected chi connectivity index (χ3v) is 6.58. The molecule has 0 saturated carbocycles. The summed E-state index contributed by atoms with van der Waals surface area (Å²) in [5.74, 6) is 1.03. The summed E-state index contributed by atoms with van der Waals surface area (Å²) in [6, 6.07) is 22.8. The Bertz CT molecular complexity index is 1220. The van der Waals surface area contributed by atoms with E-state index in [1.54, 1.807) is 12.1 Å². The Hall–Kier alpha value is -2.69. The van der Waals surface area contributed by atoms with Crippen molar-refractivity contribution in [2.24, 2.45) is 0 Å². The Labute approximate surface area is 205 Å². The average Bonchev–Trinajstić information content (AvgIpc) is 2.82. The van der Waals surface area contributed by atoms with Crippen LogP contribution in [0.3, 0.4) is 0 Å². The monoisotopic (exact) mass is 474 g/mol. The van der Waals surface area contributed by atoms with E-state index in [0.717, 1.165) is 33.4 Å². The number of hydrogen-bond donors (Lipinski definition) is 2. The molecule has 0 aliphatic carbocycles. The lowest BCUT2D eigenvalue weighted by Crippen LogP contribution is -2.23. The molecule has 33 heavy (non-hydrogen) atoms. The summed E-state index contributed by atoms with van der Waals surface area (Å²) in [6.45, 7) is 3.90. The van der Waals surface area contributed by atoms with E-state index in [9.17, 15) is 10.0 Å². The van der Waals surface area contributed by atoms with Gasteiger partial charge < -0.3 is 14.8 Å². The van der Waals surface area contributed by atoms with E-state index in [2.05, 4.69) is 0 Å². The Morgan fingerprint density at radius 3 is 1.42 bits per heavy atom. The molecule has 0 saturated heterocycles. The first-order valence-corrected chi connectivity index (χ1v) is 11.3. The fraction of sp³-hybridized carbons (Fsp3) is 0.0769. The molecule has 2 N–H and O–H groups in total. The lowest BCUT2D eigenvalue weighted by molar-refractivity contribution is 0.487. The number of benzene rings is 4. The molecule has 0 spiro atoms. The average molecular weight is 475 g/mol. The molecule has 4 aromatic carbocycles. The molecular formula is C26H22B2Cl2O3. The Morgan fingerprint density at radius 1 is 0.636 bits per heavy atom. The van der Waals surface area contributed by atoms with E-state index < -0.39 is 0 Å². The maximum absolute atomic E-state index is 10.2. The summed E-state index contributed by atoms with van der Waals surface area (Å²) < 4.78 is 6.27. The van der Waals surface area contributed by atoms with Crippen molar-refractivity contribution in [3.8, 4) is 33.8 Å². The number of halogens is 2. The number of ether oxygens (including phenoxy) is 1. The molecule has 0 amide bonds. The van der Waals surface area contributed by atoms with Gasteiger partial charge >= 0.3 is 15.0 Å². The molecule has 0 aliphatic rings. The molecule has 0 radical (unpaired) electrons. The third-order valence-electron chi connectivity index (χ3n) is 5.77. The van der Waals surface area contributed by atoms with Gasteiger partial charge in [-0.2, -0.15) is 0 Å². The predicted molar refractivity (Wildman–Crippen MR) is 141 cm³/mol. The minimum Gasteiger partial charge on any atom is -0.458 e. The van der Waals surface area contributed by atoms with Gasteiger partial charge in [0, 0.05) is 10.0 Å². The highest BCUT2D eigenvalue weighted by atomic mass is 35.5. The van der Waals surface area contributed by atoms with E-state index in [1.807, 2.05) is 74.5 Å². The van der Waals surface area contributed by atoms with E-state index in [-0.39, 0.29) is 15.0 Å². The maximum atomic E-state index is 10.2. The third kappa shape index (κ3) is 4.82. The van der Waals surface area contributed by atoms with Crippen molar-refractivity contribution >= 4 is 49.1 Å². The maximum Gasteiger partial charge on any atom is 0.309 e. The van der Waals surface area contributed by atoms with Crippen molar-refractivity contribution in [1.82, 2.24) is 0 Å². The molecule has 0 fully saturated rings. The summed E-state index contributed by atoms with van der Waals surface area (Å²) in [6.07, 6.45) is 0. The Morgan fingerprint density at radius 2 is 1.06 bits per heavy atom. The lowest BCUT2D eigenvalue weighted by Gasteiger charge is -2.18. The molecule has 3 nitrogen and oxygen atoms in total. The zero-order valence-corrected chi connectivity index (χ0v) is 19.9. The highest BCUT2D eigenvalue weighted by Crippen LogP contribution is 2.30. The van der Waals surface area contributed by atoms with Crippen molar-refractivity contribution in [2.45, 2.75) is 13.8 Å². The van der Waals surface area contributed by atoms with Gasteiger partial charge in [-0.3, -0.25) is 0 Å². The van der Waals surface area contributed by atoms with Gasteiger partial charge in [0.2, 0.25) is 0 Å². The predicted octanol–water partition coefficient (Wildman–Crippen LogP) is 4.67. The van der Waals surface area contributed by atoms with Crippen molar-refractivity contribution in [3.63, 3.8) is 0 Å². The molecular weight excluding hydrogens is 453 g/mol. The van der Waals surface area contributed by atoms with Crippen LogP contribution in [0.25, 0.3) is 22.3 Å². The molecule has 164 valence electrons. The lowest BCUT2D eigenvalue weighted by atomic mass is 9.80. The van der Waals surface area contributed by atoms with Crippen molar-refractivity contribution in [2.75, 3.05) is 0 Å². The molecule has 4 rings (SSSR count). The quantitative estimate of drug-likeness (QED) is 0.399. The van der Waals surface area contributed by atoms with Crippen LogP contribution in [0.4, 0.5) is 0 Å². The standard InChI is InChI=1S/C26H22B2Cl2O3/c1-15-9-11-17(13-21(15)29)19-5-3-7-23(25(19)27-31)33-24-8-4-6-20(26(24)28-32)18-12-10-16(2)22(30)14-18/h3-14,27-28,31-32H,1-2H3. The van der Waals surface area contributed by atoms with Gasteiger partial charge in [0.15, 0.2) is 0 Å². The fourth-order valence-corrected chi connectivity index (χ4v) is 4.19. The van der Waals surface area contributed by atoms with Crippen LogP contribution in [0.5, 0.6) is 11.5 Å². The first-order valence-electron chi connectivity index (χ1n) is 10.6. The van der Waals surface area contributed by atoms with Crippen molar-refractivity contribution in [1.29, 1.82) is 0 Å². The molecule has 0 heterocycles. The zero-order valence-electron chi connectivity index (χ0n) is 18.4. The molecule has 0 atom stereocenters. The van der Waals surface area contributed by atoms with Crippen LogP contribution in [0, 0.1) is 13.8 Å². The van der Waals surface area contributed by atoms with E-state index in [4.69, 9.17) is 27.9 Å². The smallest absolute Gasteiger partial charge is 0.309 e. The second-order valence-electron chi connectivity index (χ2n) is 7.91. The first kappa shape index (κ1) is 23.5. The summed E-state index contributed by atoms with van der Waals surface area (Å²) in [5.41, 5.74) is 6.72. The normalized spacial score (nSPS) is 10.7. The molecule has 0 bridgehead atoms. The van der Waals surface area contributed by atoms with Gasteiger partial charge in [0.05, 0.1) is 0 Å². The van der Waals surface area contributed by atoms with E-state index in [1.165, 1.54) is 0 Å². The van der Waals surface area contributed by atoms with Gasteiger partial charge in [-0.15, -0.1) is 0 Å². The van der Waals surface area contributed by atoms with Gasteiger partial charge in [0.25, 0.3) is 0 Å². The Kier molecular flexibility index (Phi) is 7.16. The second-order valence-corrected chi connectivity index (χ2v) is 8.73. The van der Waals surface area contributed by atoms with Crippen molar-refractivity contribution < 1.29 is 14.8 Å². The zero-order chi connectivity index (χ0) is 23.5. The molecule has 0 aliphatic heterocycles. The first-order chi connectivity index (χ1) is 15.9. The summed E-state index contributed by atoms with van der Waals surface area (Å²) in [5, 5.41) is 21.7. The van der Waals surface area contributed by atoms with Crippen LogP contribution in [-0.4, -0.2) is 25.0 Å². The van der Waals surface area contributed by atoms with Crippen LogP contribution < -0.4 is 15.7 Å². The minimum atomic E-state index is -0.210. The largest absolute Gasteiger partial charge is 0.458 e. The minimum absolute atomic E-state index is 0.210. The molecule has 0 aromatic heterocycles. The second kappa shape index (κ2) is 10.1. The van der Waals surface area contributed by atoms with E-state index >= 15 is 0 Å².